The second-order valence-corrected chi connectivity index (χ2v) is 4.04. The van der Waals surface area contributed by atoms with Gasteiger partial charge in [0, 0.05) is 20.6 Å². The second kappa shape index (κ2) is 6.62. The van der Waals surface area contributed by atoms with Gasteiger partial charge in [-0.05, 0) is 17.7 Å². The highest BCUT2D eigenvalue weighted by Crippen LogP contribution is 2.18. The van der Waals surface area contributed by atoms with Gasteiger partial charge in [-0.1, -0.05) is 6.07 Å². The van der Waals surface area contributed by atoms with Crippen molar-refractivity contribution in [2.45, 2.75) is 6.54 Å². The summed E-state index contributed by atoms with van der Waals surface area (Å²) in [5.41, 5.74) is 1.48. The number of carbonyl (C=O) groups is 1. The number of nitrogens with one attached hydrogen (secondary N) is 1. The molecule has 0 aliphatic carbocycles. The first-order valence-electron chi connectivity index (χ1n) is 5.56. The van der Waals surface area contributed by atoms with Gasteiger partial charge in [-0.25, -0.2) is 0 Å². The van der Waals surface area contributed by atoms with Crippen molar-refractivity contribution in [1.82, 2.24) is 10.2 Å². The van der Waals surface area contributed by atoms with Gasteiger partial charge in [-0.3, -0.25) is 4.79 Å². The van der Waals surface area contributed by atoms with E-state index in [2.05, 4.69) is 11.4 Å². The molecule has 0 radical (unpaired) electrons. The number of ether oxygens (including phenoxy) is 1. The predicted octanol–water partition coefficient (Wildman–Crippen LogP) is 0.745. The second-order valence-electron chi connectivity index (χ2n) is 4.04. The largest absolute Gasteiger partial charge is 0.495 e. The van der Waals surface area contributed by atoms with Gasteiger partial charge in [0.2, 0.25) is 5.91 Å². The van der Waals surface area contributed by atoms with Gasteiger partial charge < -0.3 is 15.0 Å². The summed E-state index contributed by atoms with van der Waals surface area (Å²) in [6.45, 7) is 0.844. The number of methoxy groups -OCH3 is 1. The maximum atomic E-state index is 11.4. The fraction of sp³-hybridized carbons (Fsp3) is 0.385. The average Bonchev–Trinajstić information content (AvgIpc) is 2.38. The lowest BCUT2D eigenvalue weighted by molar-refractivity contribution is -0.127. The van der Waals surface area contributed by atoms with Gasteiger partial charge in [0.05, 0.1) is 19.2 Å². The van der Waals surface area contributed by atoms with Crippen molar-refractivity contribution >= 4 is 5.91 Å². The molecule has 0 bridgehead atoms. The molecule has 5 nitrogen and oxygen atoms in total. The first-order chi connectivity index (χ1) is 8.58. The zero-order valence-electron chi connectivity index (χ0n) is 10.9. The first kappa shape index (κ1) is 14.0. The summed E-state index contributed by atoms with van der Waals surface area (Å²) in [5.74, 6) is 0.575. The molecule has 0 heterocycles. The Balaban J connectivity index is 2.59. The molecular formula is C13H17N3O2. The van der Waals surface area contributed by atoms with Crippen LogP contribution in [0, 0.1) is 11.3 Å². The molecule has 0 atom stereocenters. The van der Waals surface area contributed by atoms with Crippen LogP contribution in [0.1, 0.15) is 11.1 Å². The number of amides is 1. The van der Waals surface area contributed by atoms with Crippen LogP contribution < -0.4 is 10.1 Å². The molecule has 0 fully saturated rings. The third kappa shape index (κ3) is 3.75. The van der Waals surface area contributed by atoms with Crippen LogP contribution in [0.15, 0.2) is 18.2 Å². The topological polar surface area (TPSA) is 65.4 Å². The molecule has 1 N–H and O–H groups in total. The van der Waals surface area contributed by atoms with Crippen molar-refractivity contribution in [2.24, 2.45) is 0 Å². The van der Waals surface area contributed by atoms with Crippen LogP contribution >= 0.6 is 0 Å². The molecule has 0 aliphatic heterocycles. The van der Waals surface area contributed by atoms with Gasteiger partial charge in [0.1, 0.15) is 11.8 Å². The Morgan fingerprint density at radius 1 is 1.50 bits per heavy atom. The van der Waals surface area contributed by atoms with E-state index in [0.717, 1.165) is 5.56 Å². The Morgan fingerprint density at radius 2 is 2.22 bits per heavy atom. The zero-order chi connectivity index (χ0) is 13.5. The van der Waals surface area contributed by atoms with Gasteiger partial charge in [-0.2, -0.15) is 5.26 Å². The number of nitrogens with zero attached hydrogens (tertiary/aromatic N) is 2. The van der Waals surface area contributed by atoms with Crippen molar-refractivity contribution in [3.05, 3.63) is 29.3 Å². The normalized spacial score (nSPS) is 9.67. The molecule has 0 spiro atoms. The molecule has 0 aliphatic rings. The van der Waals surface area contributed by atoms with E-state index in [4.69, 9.17) is 10.00 Å². The minimum Gasteiger partial charge on any atom is -0.495 e. The van der Waals surface area contributed by atoms with Crippen LogP contribution in [0.5, 0.6) is 5.75 Å². The molecule has 0 saturated carbocycles. The van der Waals surface area contributed by atoms with Gasteiger partial charge >= 0.3 is 0 Å². The maximum Gasteiger partial charge on any atom is 0.236 e. The van der Waals surface area contributed by atoms with E-state index in [1.165, 1.54) is 12.0 Å². The zero-order valence-corrected chi connectivity index (χ0v) is 10.9. The summed E-state index contributed by atoms with van der Waals surface area (Å²) in [4.78, 5) is 12.9. The highest BCUT2D eigenvalue weighted by molar-refractivity contribution is 5.77. The highest BCUT2D eigenvalue weighted by Gasteiger charge is 2.05. The van der Waals surface area contributed by atoms with E-state index < -0.39 is 0 Å². The van der Waals surface area contributed by atoms with E-state index in [-0.39, 0.29) is 12.5 Å². The van der Waals surface area contributed by atoms with Gasteiger partial charge in [-0.15, -0.1) is 0 Å². The summed E-state index contributed by atoms with van der Waals surface area (Å²) in [6.07, 6.45) is 0. The van der Waals surface area contributed by atoms with Crippen LogP contribution in [0.3, 0.4) is 0 Å². The van der Waals surface area contributed by atoms with Crippen molar-refractivity contribution in [2.75, 3.05) is 27.7 Å². The predicted molar refractivity (Wildman–Crippen MR) is 68.1 cm³/mol. The minimum absolute atomic E-state index is 0.0237. The lowest BCUT2D eigenvalue weighted by atomic mass is 10.1. The molecule has 96 valence electrons. The Labute approximate surface area is 107 Å². The highest BCUT2D eigenvalue weighted by atomic mass is 16.5. The van der Waals surface area contributed by atoms with Crippen LogP contribution in [-0.4, -0.2) is 38.6 Å². The molecule has 0 saturated heterocycles. The number of hydrogen-bond donors (Lipinski definition) is 1. The Hall–Kier alpha value is -2.06. The lowest BCUT2D eigenvalue weighted by Gasteiger charge is -2.11. The molecular weight excluding hydrogens is 230 g/mol. The SMILES string of the molecule is COc1cc(CNCC(=O)N(C)C)ccc1C#N. The smallest absolute Gasteiger partial charge is 0.236 e. The van der Waals surface area contributed by atoms with E-state index in [0.29, 0.717) is 17.9 Å². The Morgan fingerprint density at radius 3 is 2.78 bits per heavy atom. The van der Waals surface area contributed by atoms with Crippen LogP contribution in [-0.2, 0) is 11.3 Å². The minimum atomic E-state index is 0.0237. The fourth-order valence-corrected chi connectivity index (χ4v) is 1.41. The number of rotatable bonds is 5. The van der Waals surface area contributed by atoms with Crippen LogP contribution in [0.4, 0.5) is 0 Å². The van der Waals surface area contributed by atoms with Gasteiger partial charge in [0.15, 0.2) is 0 Å². The lowest BCUT2D eigenvalue weighted by Crippen LogP contribution is -2.32. The third-order valence-corrected chi connectivity index (χ3v) is 2.49. The number of likely N-dealkylation sites (N-methyl/N-ethyl adjacent to an activating group) is 1. The molecule has 0 unspecified atom stereocenters. The first-order valence-corrected chi connectivity index (χ1v) is 5.56. The molecule has 5 heteroatoms. The summed E-state index contributed by atoms with van der Waals surface area (Å²) in [5, 5.41) is 11.9. The average molecular weight is 247 g/mol. The fourth-order valence-electron chi connectivity index (χ4n) is 1.41. The molecule has 0 aromatic heterocycles. The molecule has 18 heavy (non-hydrogen) atoms. The monoisotopic (exact) mass is 247 g/mol. The molecule has 1 aromatic rings. The standard InChI is InChI=1S/C13H17N3O2/c1-16(2)13(17)9-15-8-10-4-5-11(7-14)12(6-10)18-3/h4-6,15H,8-9H2,1-3H3. The summed E-state index contributed by atoms with van der Waals surface area (Å²) in [6, 6.07) is 7.41. The quantitative estimate of drug-likeness (QED) is 0.833. The van der Waals surface area contributed by atoms with Crippen molar-refractivity contribution in [1.29, 1.82) is 5.26 Å². The van der Waals surface area contributed by atoms with Crippen molar-refractivity contribution in [3.63, 3.8) is 0 Å². The molecule has 1 aromatic carbocycles. The van der Waals surface area contributed by atoms with E-state index >= 15 is 0 Å². The Kier molecular flexibility index (Phi) is 5.15. The maximum absolute atomic E-state index is 11.4. The summed E-state index contributed by atoms with van der Waals surface area (Å²) < 4.78 is 5.12. The van der Waals surface area contributed by atoms with Crippen LogP contribution in [0.25, 0.3) is 0 Å². The van der Waals surface area contributed by atoms with E-state index in [1.807, 2.05) is 6.07 Å². The summed E-state index contributed by atoms with van der Waals surface area (Å²) >= 11 is 0. The number of nitriles is 1. The van der Waals surface area contributed by atoms with Gasteiger partial charge in [0.25, 0.3) is 0 Å². The van der Waals surface area contributed by atoms with Crippen molar-refractivity contribution < 1.29 is 9.53 Å². The van der Waals surface area contributed by atoms with Crippen LogP contribution in [0.2, 0.25) is 0 Å². The third-order valence-electron chi connectivity index (χ3n) is 2.49. The van der Waals surface area contributed by atoms with Crippen molar-refractivity contribution in [3.8, 4) is 11.8 Å². The number of hydrogen-bond acceptors (Lipinski definition) is 4. The van der Waals surface area contributed by atoms with E-state index in [9.17, 15) is 4.79 Å². The number of benzene rings is 1. The Bertz CT molecular complexity index is 464. The molecule has 1 amide bonds. The molecule has 1 rings (SSSR count). The summed E-state index contributed by atoms with van der Waals surface area (Å²) in [7, 11) is 4.96. The number of carbonyl (C=O) groups excluding carboxylic acids is 1. The van der Waals surface area contributed by atoms with E-state index in [1.54, 1.807) is 26.2 Å².